The molecule has 0 aromatic rings. The van der Waals surface area contributed by atoms with Crippen LogP contribution in [-0.4, -0.2) is 12.6 Å². The topological polar surface area (TPSA) is 26.3 Å². The van der Waals surface area contributed by atoms with Gasteiger partial charge in [0.2, 0.25) is 0 Å². The highest BCUT2D eigenvalue weighted by Crippen LogP contribution is 2.42. The van der Waals surface area contributed by atoms with Crippen LogP contribution in [0, 0.1) is 11.3 Å². The molecule has 11 heavy (non-hydrogen) atoms. The summed E-state index contributed by atoms with van der Waals surface area (Å²) in [5.41, 5.74) is 0.378. The molecule has 0 radical (unpaired) electrons. The Morgan fingerprint density at radius 2 is 1.91 bits per heavy atom. The maximum Gasteiger partial charge on any atom is 0.293 e. The average molecular weight is 156 g/mol. The summed E-state index contributed by atoms with van der Waals surface area (Å²) in [7, 11) is 0. The molecule has 1 aliphatic rings. The molecule has 0 spiro atoms. The molecule has 2 nitrogen and oxygen atoms in total. The first-order chi connectivity index (χ1) is 5.04. The summed E-state index contributed by atoms with van der Waals surface area (Å²) in [5, 5.41) is 0. The zero-order chi connectivity index (χ0) is 8.48. The highest BCUT2D eigenvalue weighted by Gasteiger charge is 2.38. The molecule has 1 fully saturated rings. The second-order valence-electron chi connectivity index (χ2n) is 4.39. The fourth-order valence-corrected chi connectivity index (χ4v) is 1.46. The predicted octanol–water partition coefficient (Wildman–Crippen LogP) is 1.98. The minimum atomic E-state index is 0.205. The summed E-state index contributed by atoms with van der Waals surface area (Å²) in [4.78, 5) is 9.94. The maximum atomic E-state index is 9.94. The van der Waals surface area contributed by atoms with Gasteiger partial charge in [-0.3, -0.25) is 4.79 Å². The van der Waals surface area contributed by atoms with Crippen molar-refractivity contribution in [3.05, 3.63) is 0 Å². The molecule has 0 N–H and O–H groups in total. The largest absolute Gasteiger partial charge is 0.465 e. The van der Waals surface area contributed by atoms with Gasteiger partial charge in [0.25, 0.3) is 6.47 Å². The van der Waals surface area contributed by atoms with Crippen LogP contribution in [0.4, 0.5) is 0 Å². The van der Waals surface area contributed by atoms with E-state index < -0.39 is 0 Å². The molecule has 0 unspecified atom stereocenters. The summed E-state index contributed by atoms with van der Waals surface area (Å²) in [6.45, 7) is 7.25. The van der Waals surface area contributed by atoms with E-state index in [1.54, 1.807) is 0 Å². The molecule has 0 aromatic carbocycles. The van der Waals surface area contributed by atoms with Gasteiger partial charge in [-0.25, -0.2) is 0 Å². The van der Waals surface area contributed by atoms with Gasteiger partial charge in [0.15, 0.2) is 0 Å². The van der Waals surface area contributed by atoms with Crippen molar-refractivity contribution in [2.75, 3.05) is 0 Å². The van der Waals surface area contributed by atoms with E-state index in [-0.39, 0.29) is 6.10 Å². The van der Waals surface area contributed by atoms with Crippen molar-refractivity contribution < 1.29 is 9.53 Å². The third kappa shape index (κ3) is 1.95. The van der Waals surface area contributed by atoms with Gasteiger partial charge in [0.05, 0.1) is 0 Å². The molecule has 1 rings (SSSR count). The highest BCUT2D eigenvalue weighted by atomic mass is 16.5. The second-order valence-corrected chi connectivity index (χ2v) is 4.39. The summed E-state index contributed by atoms with van der Waals surface area (Å²) >= 11 is 0. The van der Waals surface area contributed by atoms with Crippen molar-refractivity contribution in [2.45, 2.75) is 39.7 Å². The van der Waals surface area contributed by atoms with Crippen LogP contribution in [-0.2, 0) is 9.53 Å². The van der Waals surface area contributed by atoms with Crippen LogP contribution in [0.25, 0.3) is 0 Å². The average Bonchev–Trinajstić information content (AvgIpc) is 1.74. The van der Waals surface area contributed by atoms with E-state index in [4.69, 9.17) is 4.74 Å². The van der Waals surface area contributed by atoms with Crippen LogP contribution in [0.2, 0.25) is 0 Å². The Balaban J connectivity index is 2.24. The molecule has 2 heteroatoms. The smallest absolute Gasteiger partial charge is 0.293 e. The Bertz CT molecular complexity index is 140. The van der Waals surface area contributed by atoms with Crippen molar-refractivity contribution in [2.24, 2.45) is 11.3 Å². The van der Waals surface area contributed by atoms with Crippen LogP contribution < -0.4 is 0 Å². The van der Waals surface area contributed by atoms with E-state index in [1.807, 2.05) is 0 Å². The number of hydrogen-bond acceptors (Lipinski definition) is 2. The number of carbonyl (C=O) groups excluding carboxylic acids is 1. The maximum absolute atomic E-state index is 9.94. The number of carbonyl (C=O) groups is 1. The van der Waals surface area contributed by atoms with Crippen molar-refractivity contribution in [1.29, 1.82) is 0 Å². The molecule has 0 atom stereocenters. The molecule has 1 saturated carbocycles. The molecule has 0 aromatic heterocycles. The summed E-state index contributed by atoms with van der Waals surface area (Å²) in [6, 6.07) is 0. The third-order valence-electron chi connectivity index (χ3n) is 2.57. The van der Waals surface area contributed by atoms with E-state index >= 15 is 0 Å². The quantitative estimate of drug-likeness (QED) is 0.571. The first-order valence-corrected chi connectivity index (χ1v) is 4.13. The van der Waals surface area contributed by atoms with Crippen LogP contribution in [0.15, 0.2) is 0 Å². The molecule has 1 aliphatic carbocycles. The zero-order valence-corrected chi connectivity index (χ0v) is 7.46. The molecular weight excluding hydrogens is 140 g/mol. The number of ether oxygens (including phenoxy) is 1. The minimum absolute atomic E-state index is 0.205. The lowest BCUT2D eigenvalue weighted by Gasteiger charge is -2.42. The summed E-state index contributed by atoms with van der Waals surface area (Å²) < 4.78 is 4.82. The molecule has 0 aliphatic heterocycles. The van der Waals surface area contributed by atoms with Crippen molar-refractivity contribution >= 4 is 6.47 Å². The Morgan fingerprint density at radius 1 is 1.36 bits per heavy atom. The van der Waals surface area contributed by atoms with E-state index in [1.165, 1.54) is 0 Å². The fourth-order valence-electron chi connectivity index (χ4n) is 1.46. The Labute approximate surface area is 67.9 Å². The lowest BCUT2D eigenvalue weighted by molar-refractivity contribution is -0.142. The van der Waals surface area contributed by atoms with Gasteiger partial charge >= 0.3 is 0 Å². The molecule has 0 saturated heterocycles. The van der Waals surface area contributed by atoms with Crippen LogP contribution >= 0.6 is 0 Å². The Kier molecular flexibility index (Phi) is 2.21. The van der Waals surface area contributed by atoms with E-state index in [2.05, 4.69) is 20.8 Å². The van der Waals surface area contributed by atoms with E-state index in [9.17, 15) is 4.79 Å². The van der Waals surface area contributed by atoms with Gasteiger partial charge in [-0.05, 0) is 24.2 Å². The van der Waals surface area contributed by atoms with Crippen LogP contribution in [0.5, 0.6) is 0 Å². The fraction of sp³-hybridized carbons (Fsp3) is 0.889. The number of rotatable bonds is 2. The van der Waals surface area contributed by atoms with Gasteiger partial charge < -0.3 is 4.74 Å². The molecule has 64 valence electrons. The van der Waals surface area contributed by atoms with Crippen LogP contribution in [0.3, 0.4) is 0 Å². The lowest BCUT2D eigenvalue weighted by Crippen LogP contribution is -2.38. The first kappa shape index (κ1) is 8.57. The van der Waals surface area contributed by atoms with Crippen LogP contribution in [0.1, 0.15) is 33.6 Å². The molecule has 0 bridgehead atoms. The first-order valence-electron chi connectivity index (χ1n) is 4.13. The van der Waals surface area contributed by atoms with Gasteiger partial charge in [-0.15, -0.1) is 0 Å². The lowest BCUT2D eigenvalue weighted by atomic mass is 9.67. The molecular formula is C9H16O2. The standard InChI is InChI=1S/C9H16O2/c1-9(2,3)7-4-8(5-7)11-6-10/h6-8H,4-5H2,1-3H3. The van der Waals surface area contributed by atoms with Gasteiger partial charge in [-0.2, -0.15) is 0 Å². The van der Waals surface area contributed by atoms with Crippen molar-refractivity contribution in [3.63, 3.8) is 0 Å². The Morgan fingerprint density at radius 3 is 2.27 bits per heavy atom. The second kappa shape index (κ2) is 2.84. The molecule has 0 heterocycles. The normalized spacial score (nSPS) is 30.8. The van der Waals surface area contributed by atoms with Crippen molar-refractivity contribution in [3.8, 4) is 0 Å². The third-order valence-corrected chi connectivity index (χ3v) is 2.57. The number of hydrogen-bond donors (Lipinski definition) is 0. The Hall–Kier alpha value is -0.530. The predicted molar refractivity (Wildman–Crippen MR) is 43.1 cm³/mol. The minimum Gasteiger partial charge on any atom is -0.465 e. The van der Waals surface area contributed by atoms with Gasteiger partial charge in [0, 0.05) is 0 Å². The van der Waals surface area contributed by atoms with Gasteiger partial charge in [0.1, 0.15) is 6.10 Å². The van der Waals surface area contributed by atoms with E-state index in [0.29, 0.717) is 11.9 Å². The summed E-state index contributed by atoms with van der Waals surface area (Å²) in [6.07, 6.45) is 2.29. The zero-order valence-electron chi connectivity index (χ0n) is 7.46. The van der Waals surface area contributed by atoms with E-state index in [0.717, 1.165) is 18.8 Å². The van der Waals surface area contributed by atoms with Crippen molar-refractivity contribution in [1.82, 2.24) is 0 Å². The highest BCUT2D eigenvalue weighted by molar-refractivity contribution is 5.37. The monoisotopic (exact) mass is 156 g/mol. The summed E-state index contributed by atoms with van der Waals surface area (Å²) in [5.74, 6) is 0.729. The van der Waals surface area contributed by atoms with Gasteiger partial charge in [-0.1, -0.05) is 20.8 Å². The SMILES string of the molecule is CC(C)(C)C1CC(OC=O)C1. The molecule has 0 amide bonds.